The maximum absolute atomic E-state index is 4.46. The van der Waals surface area contributed by atoms with Gasteiger partial charge in [-0.25, -0.2) is 9.97 Å². The van der Waals surface area contributed by atoms with Crippen LogP contribution in [0.3, 0.4) is 0 Å². The first kappa shape index (κ1) is 14.1. The Hall–Kier alpha value is -0.290. The van der Waals surface area contributed by atoms with Gasteiger partial charge in [0.25, 0.3) is 0 Å². The Morgan fingerprint density at radius 3 is 2.78 bits per heavy atom. The van der Waals surface area contributed by atoms with Gasteiger partial charge in [-0.2, -0.15) is 0 Å². The van der Waals surface area contributed by atoms with E-state index in [2.05, 4.69) is 43.1 Å². The van der Waals surface area contributed by atoms with Crippen molar-refractivity contribution in [1.82, 2.24) is 9.97 Å². The lowest BCUT2D eigenvalue weighted by Crippen LogP contribution is -2.38. The van der Waals surface area contributed by atoms with E-state index in [0.29, 0.717) is 6.04 Å². The quantitative estimate of drug-likeness (QED) is 0.467. The highest BCUT2D eigenvalue weighted by molar-refractivity contribution is 9.09. The van der Waals surface area contributed by atoms with Gasteiger partial charge in [0.05, 0.1) is 0 Å². The first-order chi connectivity index (χ1) is 8.85. The molecular formula is C13H20BrN3S. The van der Waals surface area contributed by atoms with Gasteiger partial charge in [0, 0.05) is 24.0 Å². The summed E-state index contributed by atoms with van der Waals surface area (Å²) in [5, 5.41) is 2.04. The topological polar surface area (TPSA) is 29.0 Å². The van der Waals surface area contributed by atoms with E-state index >= 15 is 0 Å². The van der Waals surface area contributed by atoms with Crippen molar-refractivity contribution in [3.05, 3.63) is 12.4 Å². The smallest absolute Gasteiger partial charge is 0.133 e. The van der Waals surface area contributed by atoms with E-state index in [1.807, 2.05) is 0 Å². The second-order valence-corrected chi connectivity index (χ2v) is 6.21. The molecule has 3 nitrogen and oxygen atoms in total. The molecule has 1 heterocycles. The largest absolute Gasteiger partial charge is 0.353 e. The lowest BCUT2D eigenvalue weighted by atomic mass is 9.94. The Balaban J connectivity index is 2.16. The first-order valence-electron chi connectivity index (χ1n) is 6.54. The highest BCUT2D eigenvalue weighted by Crippen LogP contribution is 2.27. The SMILES string of the molecule is CSc1cc(N(CCBr)C2CCCCC2)ncn1. The van der Waals surface area contributed by atoms with Crippen molar-refractivity contribution in [2.45, 2.75) is 43.2 Å². The molecule has 18 heavy (non-hydrogen) atoms. The van der Waals surface area contributed by atoms with Gasteiger partial charge in [-0.1, -0.05) is 35.2 Å². The number of halogens is 1. The summed E-state index contributed by atoms with van der Waals surface area (Å²) < 4.78 is 0. The van der Waals surface area contributed by atoms with Gasteiger partial charge >= 0.3 is 0 Å². The highest BCUT2D eigenvalue weighted by atomic mass is 79.9. The van der Waals surface area contributed by atoms with Crippen LogP contribution >= 0.6 is 27.7 Å². The van der Waals surface area contributed by atoms with Crippen molar-refractivity contribution in [2.24, 2.45) is 0 Å². The zero-order valence-corrected chi connectivity index (χ0v) is 13.2. The van der Waals surface area contributed by atoms with E-state index in [0.717, 1.165) is 22.7 Å². The van der Waals surface area contributed by atoms with Crippen LogP contribution in [0.2, 0.25) is 0 Å². The van der Waals surface area contributed by atoms with Crippen LogP contribution in [-0.2, 0) is 0 Å². The zero-order chi connectivity index (χ0) is 12.8. The Labute approximate surface area is 122 Å². The van der Waals surface area contributed by atoms with E-state index in [9.17, 15) is 0 Å². The van der Waals surface area contributed by atoms with Crippen LogP contribution in [0, 0.1) is 0 Å². The van der Waals surface area contributed by atoms with E-state index in [-0.39, 0.29) is 0 Å². The second-order valence-electron chi connectivity index (χ2n) is 4.59. The normalized spacial score (nSPS) is 16.8. The van der Waals surface area contributed by atoms with E-state index in [1.54, 1.807) is 18.1 Å². The molecule has 5 heteroatoms. The molecule has 100 valence electrons. The second kappa shape index (κ2) is 7.34. The van der Waals surface area contributed by atoms with E-state index in [1.165, 1.54) is 32.1 Å². The van der Waals surface area contributed by atoms with Gasteiger partial charge in [0.1, 0.15) is 17.2 Å². The molecule has 1 aliphatic carbocycles. The van der Waals surface area contributed by atoms with Crippen LogP contribution < -0.4 is 4.90 Å². The van der Waals surface area contributed by atoms with Crippen LogP contribution in [0.15, 0.2) is 17.4 Å². The van der Waals surface area contributed by atoms with Crippen molar-refractivity contribution in [2.75, 3.05) is 23.0 Å². The Bertz CT molecular complexity index is 369. The molecule has 1 aromatic heterocycles. The molecule has 0 atom stereocenters. The fourth-order valence-electron chi connectivity index (χ4n) is 2.57. The summed E-state index contributed by atoms with van der Waals surface area (Å²) in [5.41, 5.74) is 0. The van der Waals surface area contributed by atoms with Gasteiger partial charge in [0.15, 0.2) is 0 Å². The summed E-state index contributed by atoms with van der Waals surface area (Å²) in [6.45, 7) is 1.02. The molecule has 1 fully saturated rings. The number of anilines is 1. The van der Waals surface area contributed by atoms with Gasteiger partial charge in [0.2, 0.25) is 0 Å². The fourth-order valence-corrected chi connectivity index (χ4v) is 3.32. The third-order valence-corrected chi connectivity index (χ3v) is 4.47. The molecular weight excluding hydrogens is 310 g/mol. The summed E-state index contributed by atoms with van der Waals surface area (Å²) in [6.07, 6.45) is 10.4. The minimum Gasteiger partial charge on any atom is -0.353 e. The number of thioether (sulfide) groups is 1. The van der Waals surface area contributed by atoms with Gasteiger partial charge < -0.3 is 4.90 Å². The molecule has 1 saturated carbocycles. The van der Waals surface area contributed by atoms with Gasteiger partial charge in [-0.05, 0) is 19.1 Å². The molecule has 1 aliphatic rings. The number of aromatic nitrogens is 2. The lowest BCUT2D eigenvalue weighted by molar-refractivity contribution is 0.417. The molecule has 0 amide bonds. The molecule has 0 unspecified atom stereocenters. The number of hydrogen-bond acceptors (Lipinski definition) is 4. The summed E-state index contributed by atoms with van der Waals surface area (Å²) >= 11 is 5.23. The molecule has 0 bridgehead atoms. The monoisotopic (exact) mass is 329 g/mol. The maximum atomic E-state index is 4.46. The van der Waals surface area contributed by atoms with Gasteiger partial charge in [-0.15, -0.1) is 11.8 Å². The summed E-state index contributed by atoms with van der Waals surface area (Å²) in [4.78, 5) is 11.2. The summed E-state index contributed by atoms with van der Waals surface area (Å²) in [6, 6.07) is 2.77. The molecule has 0 saturated heterocycles. The third kappa shape index (κ3) is 3.60. The lowest BCUT2D eigenvalue weighted by Gasteiger charge is -2.35. The average Bonchev–Trinajstić information content (AvgIpc) is 2.46. The Kier molecular flexibility index (Phi) is 5.76. The standard InChI is InChI=1S/C13H20BrN3S/c1-18-13-9-12(15-10-16-13)17(8-7-14)11-5-3-2-4-6-11/h9-11H,2-8H2,1H3. The predicted molar refractivity (Wildman–Crippen MR) is 81.8 cm³/mol. The van der Waals surface area contributed by atoms with Crippen LogP contribution in [-0.4, -0.2) is 34.1 Å². The number of rotatable bonds is 5. The minimum atomic E-state index is 0.654. The number of alkyl halides is 1. The van der Waals surface area contributed by atoms with Crippen LogP contribution in [0.5, 0.6) is 0 Å². The van der Waals surface area contributed by atoms with Crippen LogP contribution in [0.25, 0.3) is 0 Å². The van der Waals surface area contributed by atoms with Crippen molar-refractivity contribution in [1.29, 1.82) is 0 Å². The molecule has 0 spiro atoms. The number of nitrogens with zero attached hydrogens (tertiary/aromatic N) is 3. The van der Waals surface area contributed by atoms with Crippen LogP contribution in [0.1, 0.15) is 32.1 Å². The minimum absolute atomic E-state index is 0.654. The zero-order valence-electron chi connectivity index (χ0n) is 10.8. The molecule has 0 radical (unpaired) electrons. The van der Waals surface area contributed by atoms with Crippen molar-refractivity contribution in [3.63, 3.8) is 0 Å². The highest BCUT2D eigenvalue weighted by Gasteiger charge is 2.22. The Morgan fingerprint density at radius 1 is 1.33 bits per heavy atom. The molecule has 1 aromatic rings. The summed E-state index contributed by atoms with van der Waals surface area (Å²) in [7, 11) is 0. The van der Waals surface area contributed by atoms with Crippen molar-refractivity contribution >= 4 is 33.5 Å². The average molecular weight is 330 g/mol. The predicted octanol–water partition coefficient (Wildman–Crippen LogP) is 3.73. The van der Waals surface area contributed by atoms with Crippen molar-refractivity contribution in [3.8, 4) is 0 Å². The summed E-state index contributed by atoms with van der Waals surface area (Å²) in [5.74, 6) is 1.08. The molecule has 0 aliphatic heterocycles. The van der Waals surface area contributed by atoms with Crippen LogP contribution in [0.4, 0.5) is 5.82 Å². The van der Waals surface area contributed by atoms with E-state index < -0.39 is 0 Å². The molecule has 0 aromatic carbocycles. The van der Waals surface area contributed by atoms with Crippen molar-refractivity contribution < 1.29 is 0 Å². The Morgan fingerprint density at radius 2 is 2.11 bits per heavy atom. The van der Waals surface area contributed by atoms with Gasteiger partial charge in [-0.3, -0.25) is 0 Å². The first-order valence-corrected chi connectivity index (χ1v) is 8.88. The maximum Gasteiger partial charge on any atom is 0.133 e. The third-order valence-electron chi connectivity index (χ3n) is 3.47. The number of hydrogen-bond donors (Lipinski definition) is 0. The molecule has 2 rings (SSSR count). The van der Waals surface area contributed by atoms with E-state index in [4.69, 9.17) is 0 Å². The molecule has 0 N–H and O–H groups in total. The fraction of sp³-hybridized carbons (Fsp3) is 0.692.